The molecule has 0 atom stereocenters. The van der Waals surface area contributed by atoms with Crippen LogP contribution in [0.5, 0.6) is 0 Å². The zero-order valence-corrected chi connectivity index (χ0v) is 12.3. The molecule has 18 heavy (non-hydrogen) atoms. The van der Waals surface area contributed by atoms with Crippen LogP contribution in [0.1, 0.15) is 18.7 Å². The highest BCUT2D eigenvalue weighted by atomic mass is 35.5. The maximum absolute atomic E-state index is 5.72. The molecular formula is C11H12Cl2N4S. The van der Waals surface area contributed by atoms with Crippen LogP contribution >= 0.6 is 34.5 Å². The van der Waals surface area contributed by atoms with Crippen molar-refractivity contribution < 1.29 is 0 Å². The molecule has 96 valence electrons. The van der Waals surface area contributed by atoms with Gasteiger partial charge in [-0.25, -0.2) is 0 Å². The molecule has 0 aliphatic heterocycles. The molecule has 0 amide bonds. The van der Waals surface area contributed by atoms with Crippen molar-refractivity contribution in [3.63, 3.8) is 0 Å². The molecule has 0 saturated carbocycles. The summed E-state index contributed by atoms with van der Waals surface area (Å²) in [5.74, 6) is 0.393. The van der Waals surface area contributed by atoms with Gasteiger partial charge >= 0.3 is 0 Å². The lowest BCUT2D eigenvalue weighted by Crippen LogP contribution is -2.27. The Kier molecular flexibility index (Phi) is 4.04. The summed E-state index contributed by atoms with van der Waals surface area (Å²) in [6.45, 7) is 4.98. The summed E-state index contributed by atoms with van der Waals surface area (Å²) in [4.78, 5) is 12.9. The first-order valence-corrected chi connectivity index (χ1v) is 6.96. The molecule has 0 spiro atoms. The van der Waals surface area contributed by atoms with Crippen molar-refractivity contribution in [1.29, 1.82) is 0 Å². The predicted octanol–water partition coefficient (Wildman–Crippen LogP) is 3.63. The molecule has 7 heteroatoms. The molecule has 2 aromatic heterocycles. The average Bonchev–Trinajstić information content (AvgIpc) is 2.79. The lowest BCUT2D eigenvalue weighted by atomic mass is 9.91. The van der Waals surface area contributed by atoms with Gasteiger partial charge in [0.15, 0.2) is 0 Å². The minimum Gasteiger partial charge on any atom is -0.353 e. The van der Waals surface area contributed by atoms with Crippen LogP contribution in [0.3, 0.4) is 0 Å². The number of rotatable bonds is 4. The Morgan fingerprint density at radius 1 is 1.22 bits per heavy atom. The fourth-order valence-electron chi connectivity index (χ4n) is 1.46. The zero-order valence-electron chi connectivity index (χ0n) is 9.94. The maximum atomic E-state index is 5.72. The number of nitrogens with zero attached hydrogens (tertiary/aromatic N) is 3. The second-order valence-corrected chi connectivity index (χ2v) is 6.04. The first kappa shape index (κ1) is 13.5. The molecule has 0 saturated heterocycles. The fraction of sp³-hybridized carbons (Fsp3) is 0.364. The van der Waals surface area contributed by atoms with E-state index in [1.807, 2.05) is 6.07 Å². The number of anilines is 1. The summed E-state index contributed by atoms with van der Waals surface area (Å²) in [7, 11) is 0. The topological polar surface area (TPSA) is 50.7 Å². The standard InChI is InChI=1S/C11H12Cl2N4S/c1-11(2,7-4-3-5-18-7)6-14-10-16-8(12)15-9(13)17-10/h3-5H,6H2,1-2H3,(H,14,15,16,17). The molecule has 4 nitrogen and oxygen atoms in total. The molecule has 2 rings (SSSR count). The van der Waals surface area contributed by atoms with Crippen LogP contribution in [-0.4, -0.2) is 21.5 Å². The van der Waals surface area contributed by atoms with Gasteiger partial charge in [0, 0.05) is 16.8 Å². The van der Waals surface area contributed by atoms with Gasteiger partial charge < -0.3 is 5.32 Å². The second-order valence-electron chi connectivity index (χ2n) is 4.41. The van der Waals surface area contributed by atoms with Crippen molar-refractivity contribution in [2.45, 2.75) is 19.3 Å². The van der Waals surface area contributed by atoms with Gasteiger partial charge in [0.2, 0.25) is 16.5 Å². The monoisotopic (exact) mass is 302 g/mol. The molecule has 0 unspecified atom stereocenters. The van der Waals surface area contributed by atoms with Gasteiger partial charge in [0.1, 0.15) is 0 Å². The van der Waals surface area contributed by atoms with E-state index in [4.69, 9.17) is 23.2 Å². The third-order valence-corrected chi connectivity index (χ3v) is 4.03. The number of nitrogens with one attached hydrogen (secondary N) is 1. The quantitative estimate of drug-likeness (QED) is 0.937. The summed E-state index contributed by atoms with van der Waals surface area (Å²) in [5, 5.41) is 5.37. The normalized spacial score (nSPS) is 11.6. The van der Waals surface area contributed by atoms with Crippen LogP contribution in [0, 0.1) is 0 Å². The molecule has 1 N–H and O–H groups in total. The molecule has 0 bridgehead atoms. The van der Waals surface area contributed by atoms with Gasteiger partial charge in [0.05, 0.1) is 0 Å². The average molecular weight is 303 g/mol. The molecule has 0 aliphatic rings. The van der Waals surface area contributed by atoms with Crippen LogP contribution in [-0.2, 0) is 5.41 Å². The minimum absolute atomic E-state index is 0.0141. The maximum Gasteiger partial charge on any atom is 0.228 e. The van der Waals surface area contributed by atoms with Crippen molar-refractivity contribution >= 4 is 40.5 Å². The van der Waals surface area contributed by atoms with Gasteiger partial charge in [-0.15, -0.1) is 11.3 Å². The van der Waals surface area contributed by atoms with Gasteiger partial charge in [-0.3, -0.25) is 0 Å². The predicted molar refractivity (Wildman–Crippen MR) is 75.7 cm³/mol. The second kappa shape index (κ2) is 5.38. The van der Waals surface area contributed by atoms with Crippen LogP contribution in [0.25, 0.3) is 0 Å². The Labute approximate surface area is 119 Å². The van der Waals surface area contributed by atoms with Gasteiger partial charge in [0.25, 0.3) is 0 Å². The lowest BCUT2D eigenvalue weighted by Gasteiger charge is -2.23. The van der Waals surface area contributed by atoms with Crippen LogP contribution < -0.4 is 5.32 Å². The third kappa shape index (κ3) is 3.31. The number of hydrogen-bond acceptors (Lipinski definition) is 5. The van der Waals surface area contributed by atoms with E-state index in [-0.39, 0.29) is 16.0 Å². The Morgan fingerprint density at radius 3 is 2.44 bits per heavy atom. The Hall–Kier alpha value is -0.910. The molecule has 0 aliphatic carbocycles. The fourth-order valence-corrected chi connectivity index (χ4v) is 2.67. The highest BCUT2D eigenvalue weighted by Gasteiger charge is 2.21. The summed E-state index contributed by atoms with van der Waals surface area (Å²) in [6, 6.07) is 4.15. The van der Waals surface area contributed by atoms with Gasteiger partial charge in [-0.1, -0.05) is 19.9 Å². The summed E-state index contributed by atoms with van der Waals surface area (Å²) in [5.41, 5.74) is -0.0141. The smallest absolute Gasteiger partial charge is 0.228 e. The summed E-state index contributed by atoms with van der Waals surface area (Å²) in [6.07, 6.45) is 0. The summed E-state index contributed by atoms with van der Waals surface area (Å²) >= 11 is 13.2. The summed E-state index contributed by atoms with van der Waals surface area (Å²) < 4.78 is 0. The molecule has 2 heterocycles. The molecule has 0 radical (unpaired) electrons. The van der Waals surface area contributed by atoms with E-state index >= 15 is 0 Å². The highest BCUT2D eigenvalue weighted by molar-refractivity contribution is 7.10. The third-order valence-electron chi connectivity index (χ3n) is 2.46. The van der Waals surface area contributed by atoms with E-state index in [2.05, 4.69) is 45.6 Å². The number of aromatic nitrogens is 3. The largest absolute Gasteiger partial charge is 0.353 e. The van der Waals surface area contributed by atoms with Crippen molar-refractivity contribution in [2.75, 3.05) is 11.9 Å². The minimum atomic E-state index is -0.0141. The zero-order chi connectivity index (χ0) is 13.2. The lowest BCUT2D eigenvalue weighted by molar-refractivity contribution is 0.567. The number of halogens is 2. The Bertz CT molecular complexity index is 508. The van der Waals surface area contributed by atoms with E-state index in [1.54, 1.807) is 11.3 Å². The van der Waals surface area contributed by atoms with Crippen molar-refractivity contribution in [1.82, 2.24) is 15.0 Å². The first-order valence-electron chi connectivity index (χ1n) is 5.32. The van der Waals surface area contributed by atoms with E-state index in [9.17, 15) is 0 Å². The number of thiophene rings is 1. The van der Waals surface area contributed by atoms with E-state index in [0.717, 1.165) is 0 Å². The first-order chi connectivity index (χ1) is 8.47. The number of hydrogen-bond donors (Lipinski definition) is 1. The Morgan fingerprint density at radius 2 is 1.89 bits per heavy atom. The highest BCUT2D eigenvalue weighted by Crippen LogP contribution is 2.27. The molecule has 0 fully saturated rings. The van der Waals surface area contributed by atoms with E-state index < -0.39 is 0 Å². The molecule has 2 aromatic rings. The van der Waals surface area contributed by atoms with Crippen molar-refractivity contribution in [3.8, 4) is 0 Å². The molecular weight excluding hydrogens is 291 g/mol. The van der Waals surface area contributed by atoms with Gasteiger partial charge in [-0.2, -0.15) is 15.0 Å². The SMILES string of the molecule is CC(C)(CNc1nc(Cl)nc(Cl)n1)c1cccs1. The Balaban J connectivity index is 2.07. The molecule has 0 aromatic carbocycles. The van der Waals surface area contributed by atoms with Crippen LogP contribution in [0.2, 0.25) is 10.6 Å². The van der Waals surface area contributed by atoms with Gasteiger partial charge in [-0.05, 0) is 34.6 Å². The van der Waals surface area contributed by atoms with Crippen LogP contribution in [0.4, 0.5) is 5.95 Å². The van der Waals surface area contributed by atoms with E-state index in [1.165, 1.54) is 4.88 Å². The van der Waals surface area contributed by atoms with Crippen molar-refractivity contribution in [3.05, 3.63) is 33.0 Å². The van der Waals surface area contributed by atoms with Crippen molar-refractivity contribution in [2.24, 2.45) is 0 Å². The van der Waals surface area contributed by atoms with E-state index in [0.29, 0.717) is 12.5 Å². The van der Waals surface area contributed by atoms with Crippen LogP contribution in [0.15, 0.2) is 17.5 Å².